The first-order valence-electron chi connectivity index (χ1n) is 21.1. The van der Waals surface area contributed by atoms with Crippen molar-refractivity contribution in [2.24, 2.45) is 0 Å². The standard InChI is InChI=1S/C26H22F6O6.C16H14F6O4.C8H4Cl2O2/c1-13(33)14-6-5-7-15(12-14)22(34)38-21-17-9-10-18(23(2,35)25(27,28)29)20(37-4)16(17)8-11-19(21)24(3,36)26(30,31)32;1-13(25,15(17,18)19)9-5-3-8-7(11(9)23)4-6-10(12(8)24)14(2,26)16(20,21)22;9-7(11)5-2-1-3-6(4-5)8(10)12/h5-12,35-36H,1-4H3;3-6,23-26H,1-2H3;1-4H. The van der Waals surface area contributed by atoms with Crippen LogP contribution in [-0.4, -0.2) is 84.7 Å². The van der Waals surface area contributed by atoms with Crippen molar-refractivity contribution in [3.63, 3.8) is 0 Å². The number of fused-ring (bicyclic) bond motifs is 2. The summed E-state index contributed by atoms with van der Waals surface area (Å²) in [5, 5.41) is 57.5. The van der Waals surface area contributed by atoms with Crippen LogP contribution in [0.1, 0.15) is 98.3 Å². The molecule has 410 valence electrons. The number of esters is 1. The summed E-state index contributed by atoms with van der Waals surface area (Å²) in [6.45, 7) is 2.92. The number of ether oxygens (including phenoxy) is 2. The maximum absolute atomic E-state index is 13.8. The van der Waals surface area contributed by atoms with Crippen molar-refractivity contribution in [2.75, 3.05) is 7.11 Å². The topological polar surface area (TPSA) is 208 Å². The molecule has 4 atom stereocenters. The van der Waals surface area contributed by atoms with E-state index in [1.54, 1.807) is 6.07 Å². The molecule has 6 aromatic rings. The van der Waals surface area contributed by atoms with Crippen LogP contribution in [0.2, 0.25) is 0 Å². The molecule has 0 heterocycles. The fourth-order valence-electron chi connectivity index (χ4n) is 7.00. The molecule has 0 fully saturated rings. The van der Waals surface area contributed by atoms with E-state index in [1.807, 2.05) is 0 Å². The van der Waals surface area contributed by atoms with Crippen LogP contribution in [-0.2, 0) is 22.4 Å². The second kappa shape index (κ2) is 21.7. The highest BCUT2D eigenvalue weighted by Crippen LogP contribution is 2.51. The van der Waals surface area contributed by atoms with E-state index in [9.17, 15) is 103 Å². The van der Waals surface area contributed by atoms with Crippen molar-refractivity contribution in [3.8, 4) is 23.0 Å². The summed E-state index contributed by atoms with van der Waals surface area (Å²) in [5.41, 5.74) is -16.9. The number of benzene rings is 6. The number of carbonyl (C=O) groups excluding carboxylic acids is 4. The van der Waals surface area contributed by atoms with Gasteiger partial charge in [0.05, 0.1) is 12.7 Å². The van der Waals surface area contributed by atoms with Gasteiger partial charge in [-0.1, -0.05) is 54.6 Å². The molecular weight excluding hydrogens is 1090 g/mol. The number of hydrogen-bond acceptors (Lipinski definition) is 12. The number of rotatable bonds is 10. The number of methoxy groups -OCH3 is 1. The molecule has 0 amide bonds. The lowest BCUT2D eigenvalue weighted by molar-refractivity contribution is -0.259. The zero-order valence-corrected chi connectivity index (χ0v) is 41.2. The molecule has 0 saturated heterocycles. The van der Waals surface area contributed by atoms with E-state index in [0.29, 0.717) is 39.8 Å². The first-order valence-corrected chi connectivity index (χ1v) is 21.9. The summed E-state index contributed by atoms with van der Waals surface area (Å²) in [7, 11) is 0.990. The van der Waals surface area contributed by atoms with Crippen LogP contribution < -0.4 is 9.47 Å². The van der Waals surface area contributed by atoms with E-state index >= 15 is 0 Å². The lowest BCUT2D eigenvalue weighted by Crippen LogP contribution is -2.40. The first-order chi connectivity index (χ1) is 34.5. The van der Waals surface area contributed by atoms with Crippen molar-refractivity contribution in [1.82, 2.24) is 0 Å². The minimum atomic E-state index is -5.25. The van der Waals surface area contributed by atoms with Crippen molar-refractivity contribution in [2.45, 2.75) is 81.7 Å². The van der Waals surface area contributed by atoms with Crippen LogP contribution in [0.15, 0.2) is 97.1 Å². The van der Waals surface area contributed by atoms with Crippen molar-refractivity contribution in [3.05, 3.63) is 142 Å². The molecule has 0 bridgehead atoms. The summed E-state index contributed by atoms with van der Waals surface area (Å²) in [6, 6.07) is 17.3. The number of Topliss-reactive ketones (excluding diaryl/α,β-unsaturated/α-hetero) is 1. The Morgan fingerprint density at radius 3 is 1.07 bits per heavy atom. The lowest BCUT2D eigenvalue weighted by Gasteiger charge is -2.31. The number of ketones is 1. The van der Waals surface area contributed by atoms with Gasteiger partial charge in [0.2, 0.25) is 0 Å². The van der Waals surface area contributed by atoms with Crippen molar-refractivity contribution in [1.29, 1.82) is 0 Å². The average molecular weight is 1130 g/mol. The van der Waals surface area contributed by atoms with Crippen LogP contribution in [0.5, 0.6) is 23.0 Å². The van der Waals surface area contributed by atoms with Crippen LogP contribution in [0, 0.1) is 0 Å². The van der Waals surface area contributed by atoms with Crippen molar-refractivity contribution < 1.29 is 112 Å². The van der Waals surface area contributed by atoms with Crippen LogP contribution >= 0.6 is 23.2 Å². The molecule has 26 heteroatoms. The van der Waals surface area contributed by atoms with Gasteiger partial charge in [-0.2, -0.15) is 52.7 Å². The molecule has 4 unspecified atom stereocenters. The number of phenols is 2. The van der Waals surface area contributed by atoms with Gasteiger partial charge >= 0.3 is 30.7 Å². The molecule has 0 spiro atoms. The molecular formula is C50H40Cl2F12O12. The minimum Gasteiger partial charge on any atom is -0.507 e. The van der Waals surface area contributed by atoms with Gasteiger partial charge in [0.1, 0.15) is 23.0 Å². The largest absolute Gasteiger partial charge is 0.507 e. The predicted octanol–water partition coefficient (Wildman–Crippen LogP) is 12.0. The quantitative estimate of drug-likeness (QED) is 0.0249. The monoisotopic (exact) mass is 1130 g/mol. The Balaban J connectivity index is 0.000000281. The normalized spacial score (nSPS) is 15.3. The minimum absolute atomic E-state index is 0.112. The molecule has 0 aliphatic heterocycles. The Kier molecular flexibility index (Phi) is 17.7. The average Bonchev–Trinajstić information content (AvgIpc) is 3.30. The van der Waals surface area contributed by atoms with Gasteiger partial charge in [-0.25, -0.2) is 4.79 Å². The van der Waals surface area contributed by atoms with Crippen LogP contribution in [0.25, 0.3) is 21.5 Å². The number of aliphatic hydroxyl groups is 4. The Bertz CT molecular complexity index is 3120. The van der Waals surface area contributed by atoms with Gasteiger partial charge < -0.3 is 40.1 Å². The van der Waals surface area contributed by atoms with E-state index in [1.165, 1.54) is 43.3 Å². The highest BCUT2D eigenvalue weighted by Gasteiger charge is 2.56. The van der Waals surface area contributed by atoms with Gasteiger partial charge in [-0.05, 0) is 100 Å². The smallest absolute Gasteiger partial charge is 0.421 e. The first kappa shape index (κ1) is 61.8. The third kappa shape index (κ3) is 12.3. The molecule has 0 aliphatic carbocycles. The molecule has 6 rings (SSSR count). The SMILES string of the molecule is CC(O)(c1ccc2c(O)c(C(C)(O)C(F)(F)F)ccc2c1O)C(F)(F)F.COc1c(C(C)(O)C(F)(F)F)ccc2c(OC(=O)c3cccc(C(C)=O)c3)c(C(C)(O)C(F)(F)F)ccc12.O=C(Cl)c1cccc(C(=O)Cl)c1. The zero-order valence-electron chi connectivity index (χ0n) is 39.7. The number of alkyl halides is 12. The predicted molar refractivity (Wildman–Crippen MR) is 248 cm³/mol. The molecule has 0 radical (unpaired) electrons. The van der Waals surface area contributed by atoms with Crippen LogP contribution in [0.4, 0.5) is 52.7 Å². The number of halogens is 14. The number of phenolic OH excluding ortho intramolecular Hbond substituents is 2. The van der Waals surface area contributed by atoms with Crippen LogP contribution in [0.3, 0.4) is 0 Å². The second-order valence-electron chi connectivity index (χ2n) is 17.1. The molecule has 6 aromatic carbocycles. The molecule has 0 saturated carbocycles. The van der Waals surface area contributed by atoms with Gasteiger partial charge in [-0.15, -0.1) is 0 Å². The maximum Gasteiger partial charge on any atom is 0.421 e. The van der Waals surface area contributed by atoms with Gasteiger partial charge in [0.25, 0.3) is 10.5 Å². The van der Waals surface area contributed by atoms with E-state index in [0.717, 1.165) is 49.6 Å². The zero-order chi connectivity index (χ0) is 58.3. The number of carbonyl (C=O) groups is 4. The fraction of sp³-hybridized carbons (Fsp3) is 0.280. The summed E-state index contributed by atoms with van der Waals surface area (Å²) < 4.78 is 170. The summed E-state index contributed by atoms with van der Waals surface area (Å²) in [6.07, 6.45) is -20.7. The number of hydrogen-bond donors (Lipinski definition) is 6. The highest BCUT2D eigenvalue weighted by molar-refractivity contribution is 6.69. The maximum atomic E-state index is 13.8. The lowest BCUT2D eigenvalue weighted by atomic mass is 9.88. The molecule has 12 nitrogen and oxygen atoms in total. The Labute approximate surface area is 431 Å². The molecule has 76 heavy (non-hydrogen) atoms. The van der Waals surface area contributed by atoms with E-state index in [2.05, 4.69) is 0 Å². The summed E-state index contributed by atoms with van der Waals surface area (Å²) in [4.78, 5) is 45.9. The molecule has 0 aromatic heterocycles. The Morgan fingerprint density at radius 1 is 0.434 bits per heavy atom. The van der Waals surface area contributed by atoms with Gasteiger partial charge in [0.15, 0.2) is 28.2 Å². The molecule has 6 N–H and O–H groups in total. The third-order valence-electron chi connectivity index (χ3n) is 11.8. The highest BCUT2D eigenvalue weighted by atomic mass is 35.5. The Morgan fingerprint density at radius 2 is 0.724 bits per heavy atom. The summed E-state index contributed by atoms with van der Waals surface area (Å²) >= 11 is 10.4. The molecule has 0 aliphatic rings. The third-order valence-corrected chi connectivity index (χ3v) is 12.2. The number of aromatic hydroxyl groups is 2. The second-order valence-corrected chi connectivity index (χ2v) is 17.8. The fourth-order valence-corrected chi connectivity index (χ4v) is 7.23. The van der Waals surface area contributed by atoms with Gasteiger partial charge in [-0.3, -0.25) is 14.4 Å². The van der Waals surface area contributed by atoms with E-state index < -0.39 is 125 Å². The Hall–Kier alpha value is -6.70. The van der Waals surface area contributed by atoms with Gasteiger partial charge in [0, 0.05) is 60.5 Å². The van der Waals surface area contributed by atoms with E-state index in [4.69, 9.17) is 32.7 Å². The van der Waals surface area contributed by atoms with Crippen molar-refractivity contribution >= 4 is 67.0 Å². The van der Waals surface area contributed by atoms with E-state index in [-0.39, 0.29) is 33.0 Å². The summed E-state index contributed by atoms with van der Waals surface area (Å²) in [5.74, 6) is -5.07.